The molecule has 0 fully saturated rings. The molecule has 0 unspecified atom stereocenters. The molecule has 6 heteroatoms. The molecule has 1 aliphatic heterocycles. The molecule has 132 valence electrons. The Kier molecular flexibility index (Phi) is 4.37. The van der Waals surface area contributed by atoms with Crippen molar-refractivity contribution in [2.45, 2.75) is 32.6 Å². The van der Waals surface area contributed by atoms with Crippen LogP contribution in [0.25, 0.3) is 0 Å². The van der Waals surface area contributed by atoms with E-state index in [-0.39, 0.29) is 22.7 Å². The van der Waals surface area contributed by atoms with E-state index in [0.29, 0.717) is 29.2 Å². The lowest BCUT2D eigenvalue weighted by molar-refractivity contribution is -0.136. The minimum atomic E-state index is -0.614. The van der Waals surface area contributed by atoms with Crippen molar-refractivity contribution >= 4 is 23.4 Å². The van der Waals surface area contributed by atoms with Crippen molar-refractivity contribution < 1.29 is 19.1 Å². The molecule has 3 rings (SSSR count). The Morgan fingerprint density at radius 2 is 1.92 bits per heavy atom. The van der Waals surface area contributed by atoms with Gasteiger partial charge in [-0.05, 0) is 23.1 Å². The second-order valence-electron chi connectivity index (χ2n) is 7.13. The Morgan fingerprint density at radius 1 is 1.28 bits per heavy atom. The summed E-state index contributed by atoms with van der Waals surface area (Å²) in [4.78, 5) is 25.2. The molecule has 0 saturated carbocycles. The van der Waals surface area contributed by atoms with E-state index in [0.717, 1.165) is 5.56 Å². The second kappa shape index (κ2) is 6.23. The monoisotopic (exact) mass is 361 g/mol. The Morgan fingerprint density at radius 3 is 2.52 bits per heavy atom. The van der Waals surface area contributed by atoms with E-state index in [9.17, 15) is 9.59 Å². The summed E-state index contributed by atoms with van der Waals surface area (Å²) in [7, 11) is 1.28. The van der Waals surface area contributed by atoms with Crippen LogP contribution in [0.1, 0.15) is 38.2 Å². The number of hydrogen-bond donors (Lipinski definition) is 1. The summed E-state index contributed by atoms with van der Waals surface area (Å²) in [5.41, 5.74) is 7.20. The number of benzene rings is 1. The normalized spacial score (nSPS) is 22.4. The summed E-state index contributed by atoms with van der Waals surface area (Å²) in [5.74, 6) is -0.749. The van der Waals surface area contributed by atoms with Crippen LogP contribution in [-0.2, 0) is 19.1 Å². The molecule has 25 heavy (non-hydrogen) atoms. The van der Waals surface area contributed by atoms with Crippen LogP contribution in [0.15, 0.2) is 47.1 Å². The Hall–Kier alpha value is -2.27. The summed E-state index contributed by atoms with van der Waals surface area (Å²) < 4.78 is 10.6. The smallest absolute Gasteiger partial charge is 0.340 e. The minimum Gasteiger partial charge on any atom is -0.465 e. The summed E-state index contributed by atoms with van der Waals surface area (Å²) >= 11 is 5.98. The Bertz CT molecular complexity index is 805. The van der Waals surface area contributed by atoms with Gasteiger partial charge in [-0.1, -0.05) is 37.6 Å². The third-order valence-electron chi connectivity index (χ3n) is 4.56. The van der Waals surface area contributed by atoms with Gasteiger partial charge < -0.3 is 15.2 Å². The van der Waals surface area contributed by atoms with Crippen LogP contribution in [0.2, 0.25) is 5.02 Å². The molecule has 1 aromatic carbocycles. The van der Waals surface area contributed by atoms with Crippen LogP contribution < -0.4 is 5.73 Å². The van der Waals surface area contributed by atoms with Gasteiger partial charge in [-0.25, -0.2) is 4.79 Å². The van der Waals surface area contributed by atoms with Crippen molar-refractivity contribution in [3.05, 3.63) is 57.6 Å². The van der Waals surface area contributed by atoms with Crippen molar-refractivity contribution in [1.29, 1.82) is 0 Å². The SMILES string of the molecule is COC(=O)C1=C(N)OC2=C(C(=O)CC(C)(C)C2)[C@@H]1c1ccc(Cl)cc1. The number of Topliss-reactive ketones (excluding diaryl/α,β-unsaturated/α-hetero) is 1. The van der Waals surface area contributed by atoms with Gasteiger partial charge in [-0.3, -0.25) is 4.79 Å². The lowest BCUT2D eigenvalue weighted by Gasteiger charge is -2.37. The lowest BCUT2D eigenvalue weighted by Crippen LogP contribution is -2.35. The predicted molar refractivity (Wildman–Crippen MR) is 93.6 cm³/mol. The van der Waals surface area contributed by atoms with Crippen molar-refractivity contribution in [1.82, 2.24) is 0 Å². The van der Waals surface area contributed by atoms with Gasteiger partial charge in [-0.2, -0.15) is 0 Å². The second-order valence-corrected chi connectivity index (χ2v) is 7.57. The Labute approximate surface area is 151 Å². The number of ketones is 1. The first-order chi connectivity index (χ1) is 11.7. The number of nitrogens with two attached hydrogens (primary N) is 1. The van der Waals surface area contributed by atoms with Gasteiger partial charge in [-0.15, -0.1) is 0 Å². The van der Waals surface area contributed by atoms with Gasteiger partial charge >= 0.3 is 5.97 Å². The molecule has 2 aliphatic rings. The zero-order chi connectivity index (χ0) is 18.4. The summed E-state index contributed by atoms with van der Waals surface area (Å²) in [6, 6.07) is 7.00. The van der Waals surface area contributed by atoms with E-state index < -0.39 is 11.9 Å². The van der Waals surface area contributed by atoms with Crippen LogP contribution in [0.3, 0.4) is 0 Å². The molecule has 0 spiro atoms. The maximum atomic E-state index is 12.9. The molecule has 1 aliphatic carbocycles. The number of rotatable bonds is 2. The maximum Gasteiger partial charge on any atom is 0.340 e. The van der Waals surface area contributed by atoms with Crippen molar-refractivity contribution in [3.63, 3.8) is 0 Å². The first-order valence-electron chi connectivity index (χ1n) is 8.01. The molecular weight excluding hydrogens is 342 g/mol. The fourth-order valence-electron chi connectivity index (χ4n) is 3.48. The van der Waals surface area contributed by atoms with Gasteiger partial charge in [0.25, 0.3) is 0 Å². The van der Waals surface area contributed by atoms with Gasteiger partial charge in [0.05, 0.1) is 13.0 Å². The van der Waals surface area contributed by atoms with Crippen LogP contribution in [0.5, 0.6) is 0 Å². The van der Waals surface area contributed by atoms with E-state index in [1.807, 2.05) is 13.8 Å². The van der Waals surface area contributed by atoms with E-state index >= 15 is 0 Å². The number of carbonyl (C=O) groups is 2. The number of carbonyl (C=O) groups excluding carboxylic acids is 2. The molecule has 0 saturated heterocycles. The number of esters is 1. The van der Waals surface area contributed by atoms with Crippen molar-refractivity contribution in [2.75, 3.05) is 7.11 Å². The maximum absolute atomic E-state index is 12.9. The zero-order valence-corrected chi connectivity index (χ0v) is 15.1. The fourth-order valence-corrected chi connectivity index (χ4v) is 3.61. The Balaban J connectivity index is 2.19. The van der Waals surface area contributed by atoms with Crippen LogP contribution in [-0.4, -0.2) is 18.9 Å². The summed E-state index contributed by atoms with van der Waals surface area (Å²) in [6.45, 7) is 4.01. The first-order valence-corrected chi connectivity index (χ1v) is 8.39. The molecule has 0 aromatic heterocycles. The number of halogens is 1. The zero-order valence-electron chi connectivity index (χ0n) is 14.4. The van der Waals surface area contributed by atoms with Crippen LogP contribution in [0.4, 0.5) is 0 Å². The quantitative estimate of drug-likeness (QED) is 0.816. The molecule has 0 bridgehead atoms. The van der Waals surface area contributed by atoms with E-state index in [1.54, 1.807) is 24.3 Å². The van der Waals surface area contributed by atoms with Gasteiger partial charge in [0.1, 0.15) is 11.3 Å². The average molecular weight is 362 g/mol. The molecule has 1 atom stereocenters. The minimum absolute atomic E-state index is 0.0175. The highest BCUT2D eigenvalue weighted by atomic mass is 35.5. The van der Waals surface area contributed by atoms with Gasteiger partial charge in [0.15, 0.2) is 5.78 Å². The lowest BCUT2D eigenvalue weighted by atomic mass is 9.70. The molecular formula is C19H20ClNO4. The summed E-state index contributed by atoms with van der Waals surface area (Å²) in [6.07, 6.45) is 0.959. The molecule has 1 aromatic rings. The number of allylic oxidation sites excluding steroid dienone is 2. The molecule has 1 heterocycles. The molecule has 0 amide bonds. The summed E-state index contributed by atoms with van der Waals surface area (Å²) in [5, 5.41) is 0.567. The van der Waals surface area contributed by atoms with Gasteiger partial charge in [0, 0.05) is 23.4 Å². The van der Waals surface area contributed by atoms with Crippen LogP contribution in [0, 0.1) is 5.41 Å². The highest BCUT2D eigenvalue weighted by Gasteiger charge is 2.44. The van der Waals surface area contributed by atoms with Crippen LogP contribution >= 0.6 is 11.6 Å². The third kappa shape index (κ3) is 3.16. The van der Waals surface area contributed by atoms with E-state index in [2.05, 4.69) is 0 Å². The first kappa shape index (κ1) is 17.5. The molecule has 0 radical (unpaired) electrons. The number of methoxy groups -OCH3 is 1. The number of ether oxygens (including phenoxy) is 2. The molecule has 2 N–H and O–H groups in total. The molecule has 5 nitrogen and oxygen atoms in total. The standard InChI is InChI=1S/C19H20ClNO4/c1-19(2)8-12(22)15-13(9-19)25-17(21)16(18(23)24-3)14(15)10-4-6-11(20)7-5-10/h4-7,14H,8-9,21H2,1-3H3/t14-/m0/s1. The van der Waals surface area contributed by atoms with Crippen molar-refractivity contribution in [3.8, 4) is 0 Å². The van der Waals surface area contributed by atoms with Gasteiger partial charge in [0.2, 0.25) is 5.88 Å². The number of hydrogen-bond acceptors (Lipinski definition) is 5. The topological polar surface area (TPSA) is 78.6 Å². The highest BCUT2D eigenvalue weighted by Crippen LogP contribution is 2.48. The average Bonchev–Trinajstić information content (AvgIpc) is 2.52. The fraction of sp³-hybridized carbons (Fsp3) is 0.368. The largest absolute Gasteiger partial charge is 0.465 e. The van der Waals surface area contributed by atoms with E-state index in [4.69, 9.17) is 26.8 Å². The van der Waals surface area contributed by atoms with Crippen molar-refractivity contribution in [2.24, 2.45) is 11.1 Å². The highest BCUT2D eigenvalue weighted by molar-refractivity contribution is 6.30. The third-order valence-corrected chi connectivity index (χ3v) is 4.82. The predicted octanol–water partition coefficient (Wildman–Crippen LogP) is 3.44. The van der Waals surface area contributed by atoms with E-state index in [1.165, 1.54) is 7.11 Å².